The van der Waals surface area contributed by atoms with Gasteiger partial charge in [0.2, 0.25) is 0 Å². The summed E-state index contributed by atoms with van der Waals surface area (Å²) in [5.41, 5.74) is 2.71. The summed E-state index contributed by atoms with van der Waals surface area (Å²) in [6.45, 7) is 9.23. The first-order valence-electron chi connectivity index (χ1n) is 5.28. The van der Waals surface area contributed by atoms with Crippen molar-refractivity contribution >= 4 is 5.69 Å². The number of hydrogen-bond acceptors (Lipinski definition) is 1. The normalized spacial score (nSPS) is 10.4. The lowest BCUT2D eigenvalue weighted by Crippen LogP contribution is -2.10. The van der Waals surface area contributed by atoms with E-state index in [2.05, 4.69) is 62.2 Å². The zero-order chi connectivity index (χ0) is 11.3. The first-order valence-corrected chi connectivity index (χ1v) is 5.28. The molecule has 0 radical (unpaired) electrons. The van der Waals surface area contributed by atoms with Crippen LogP contribution < -0.4 is 5.32 Å². The Morgan fingerprint density at radius 3 is 2.20 bits per heavy atom. The molecule has 0 heterocycles. The van der Waals surface area contributed by atoms with Gasteiger partial charge in [-0.25, -0.2) is 0 Å². The second-order valence-electron chi connectivity index (χ2n) is 4.61. The van der Waals surface area contributed by atoms with Crippen LogP contribution >= 0.6 is 0 Å². The fraction of sp³-hybridized carbons (Fsp3) is 0.429. The van der Waals surface area contributed by atoms with Gasteiger partial charge in [-0.15, -0.1) is 5.92 Å². The van der Waals surface area contributed by atoms with Crippen LogP contribution in [0.25, 0.3) is 0 Å². The minimum atomic E-state index is 0.224. The van der Waals surface area contributed by atoms with Gasteiger partial charge in [-0.05, 0) is 30.0 Å². The highest BCUT2D eigenvalue weighted by atomic mass is 14.8. The van der Waals surface area contributed by atoms with Gasteiger partial charge in [0.15, 0.2) is 0 Å². The lowest BCUT2D eigenvalue weighted by Gasteiger charge is -2.19. The van der Waals surface area contributed by atoms with E-state index in [4.69, 9.17) is 0 Å². The zero-order valence-electron chi connectivity index (χ0n) is 10.0. The van der Waals surface area contributed by atoms with E-state index in [0.29, 0.717) is 6.54 Å². The maximum atomic E-state index is 3.25. The average Bonchev–Trinajstić information content (AvgIpc) is 2.18. The van der Waals surface area contributed by atoms with Crippen LogP contribution in [0.15, 0.2) is 24.3 Å². The minimum absolute atomic E-state index is 0.224. The van der Waals surface area contributed by atoms with Crippen LogP contribution in [0.4, 0.5) is 5.69 Å². The summed E-state index contributed by atoms with van der Waals surface area (Å²) in [7, 11) is 0. The van der Waals surface area contributed by atoms with Gasteiger partial charge in [-0.2, -0.15) is 0 Å². The molecule has 15 heavy (non-hydrogen) atoms. The molecule has 1 heteroatoms. The maximum Gasteiger partial charge on any atom is 0.0765 e. The van der Waals surface area contributed by atoms with Crippen LogP contribution in [0.1, 0.15) is 33.3 Å². The SMILES string of the molecule is CC#CCNc1ccc(C(C)(C)C)cc1. The highest BCUT2D eigenvalue weighted by Crippen LogP contribution is 2.23. The third kappa shape index (κ3) is 3.67. The number of nitrogens with one attached hydrogen (secondary N) is 1. The summed E-state index contributed by atoms with van der Waals surface area (Å²) < 4.78 is 0. The standard InChI is InChI=1S/C14H19N/c1-5-6-11-15-13-9-7-12(8-10-13)14(2,3)4/h7-10,15H,11H2,1-4H3. The molecule has 1 N–H and O–H groups in total. The van der Waals surface area contributed by atoms with Crippen LogP contribution in [0.5, 0.6) is 0 Å². The van der Waals surface area contributed by atoms with Crippen molar-refractivity contribution in [2.75, 3.05) is 11.9 Å². The van der Waals surface area contributed by atoms with Crippen LogP contribution in [-0.2, 0) is 5.41 Å². The van der Waals surface area contributed by atoms with Crippen molar-refractivity contribution < 1.29 is 0 Å². The Kier molecular flexibility index (Phi) is 3.80. The molecular formula is C14H19N. The van der Waals surface area contributed by atoms with Gasteiger partial charge < -0.3 is 5.32 Å². The molecule has 1 aromatic carbocycles. The Morgan fingerprint density at radius 2 is 1.73 bits per heavy atom. The third-order valence-corrected chi connectivity index (χ3v) is 2.31. The second-order valence-corrected chi connectivity index (χ2v) is 4.61. The molecule has 0 fully saturated rings. The number of benzene rings is 1. The Hall–Kier alpha value is -1.42. The number of anilines is 1. The van der Waals surface area contributed by atoms with Crippen molar-refractivity contribution in [1.82, 2.24) is 0 Å². The van der Waals surface area contributed by atoms with E-state index in [1.165, 1.54) is 5.56 Å². The van der Waals surface area contributed by atoms with Gasteiger partial charge in [0.25, 0.3) is 0 Å². The molecule has 0 bridgehead atoms. The van der Waals surface area contributed by atoms with E-state index in [0.717, 1.165) is 5.69 Å². The van der Waals surface area contributed by atoms with Gasteiger partial charge >= 0.3 is 0 Å². The Morgan fingerprint density at radius 1 is 1.13 bits per heavy atom. The van der Waals surface area contributed by atoms with Gasteiger partial charge in [-0.3, -0.25) is 0 Å². The van der Waals surface area contributed by atoms with Crippen molar-refractivity contribution in [3.8, 4) is 11.8 Å². The number of rotatable bonds is 2. The van der Waals surface area contributed by atoms with E-state index >= 15 is 0 Å². The highest BCUT2D eigenvalue weighted by molar-refractivity contribution is 5.46. The molecule has 1 nitrogen and oxygen atoms in total. The van der Waals surface area contributed by atoms with E-state index in [1.807, 2.05) is 6.92 Å². The van der Waals surface area contributed by atoms with Crippen LogP contribution in [0, 0.1) is 11.8 Å². The average molecular weight is 201 g/mol. The Balaban J connectivity index is 2.67. The van der Waals surface area contributed by atoms with Crippen molar-refractivity contribution in [3.63, 3.8) is 0 Å². The van der Waals surface area contributed by atoms with Gasteiger partial charge in [0.1, 0.15) is 0 Å². The fourth-order valence-electron chi connectivity index (χ4n) is 1.32. The Bertz CT molecular complexity index is 357. The van der Waals surface area contributed by atoms with E-state index < -0.39 is 0 Å². The molecule has 0 aliphatic carbocycles. The molecule has 80 valence electrons. The van der Waals surface area contributed by atoms with Gasteiger partial charge in [0.05, 0.1) is 6.54 Å². The first kappa shape index (κ1) is 11.7. The van der Waals surface area contributed by atoms with E-state index in [9.17, 15) is 0 Å². The van der Waals surface area contributed by atoms with Crippen molar-refractivity contribution in [2.24, 2.45) is 0 Å². The summed E-state index contributed by atoms with van der Waals surface area (Å²) in [4.78, 5) is 0. The largest absolute Gasteiger partial charge is 0.374 e. The topological polar surface area (TPSA) is 12.0 Å². The summed E-state index contributed by atoms with van der Waals surface area (Å²) in [5.74, 6) is 5.84. The molecule has 1 rings (SSSR count). The Labute approximate surface area is 92.9 Å². The second kappa shape index (κ2) is 4.89. The lowest BCUT2D eigenvalue weighted by atomic mass is 9.87. The third-order valence-electron chi connectivity index (χ3n) is 2.31. The van der Waals surface area contributed by atoms with E-state index in [-0.39, 0.29) is 5.41 Å². The quantitative estimate of drug-likeness (QED) is 0.723. The molecule has 0 atom stereocenters. The zero-order valence-corrected chi connectivity index (χ0v) is 10.0. The summed E-state index contributed by atoms with van der Waals surface area (Å²) in [6.07, 6.45) is 0. The molecule has 0 spiro atoms. The molecule has 0 aliphatic rings. The fourth-order valence-corrected chi connectivity index (χ4v) is 1.32. The summed E-state index contributed by atoms with van der Waals surface area (Å²) in [5, 5.41) is 3.25. The molecule has 0 saturated carbocycles. The number of hydrogen-bond donors (Lipinski definition) is 1. The molecule has 0 saturated heterocycles. The smallest absolute Gasteiger partial charge is 0.0765 e. The molecule has 0 aliphatic heterocycles. The highest BCUT2D eigenvalue weighted by Gasteiger charge is 2.12. The monoisotopic (exact) mass is 201 g/mol. The molecule has 1 aromatic rings. The minimum Gasteiger partial charge on any atom is -0.374 e. The summed E-state index contributed by atoms with van der Waals surface area (Å²) in [6, 6.07) is 8.55. The summed E-state index contributed by atoms with van der Waals surface area (Å²) >= 11 is 0. The van der Waals surface area contributed by atoms with Crippen LogP contribution in [-0.4, -0.2) is 6.54 Å². The van der Waals surface area contributed by atoms with E-state index in [1.54, 1.807) is 0 Å². The maximum absolute atomic E-state index is 3.25. The van der Waals surface area contributed by atoms with Crippen molar-refractivity contribution in [3.05, 3.63) is 29.8 Å². The van der Waals surface area contributed by atoms with Gasteiger partial charge in [0, 0.05) is 5.69 Å². The first-order chi connectivity index (χ1) is 7.04. The molecule has 0 aromatic heterocycles. The molecule has 0 amide bonds. The van der Waals surface area contributed by atoms with Crippen LogP contribution in [0.2, 0.25) is 0 Å². The predicted octanol–water partition coefficient (Wildman–Crippen LogP) is 3.42. The van der Waals surface area contributed by atoms with Crippen molar-refractivity contribution in [1.29, 1.82) is 0 Å². The predicted molar refractivity (Wildman–Crippen MR) is 67.1 cm³/mol. The lowest BCUT2D eigenvalue weighted by molar-refractivity contribution is 0.590. The molecular weight excluding hydrogens is 182 g/mol. The molecule has 0 unspecified atom stereocenters. The van der Waals surface area contributed by atoms with Crippen LogP contribution in [0.3, 0.4) is 0 Å². The van der Waals surface area contributed by atoms with Gasteiger partial charge in [-0.1, -0.05) is 38.8 Å². The van der Waals surface area contributed by atoms with Crippen molar-refractivity contribution in [2.45, 2.75) is 33.1 Å².